The molecule has 0 aliphatic heterocycles. The Morgan fingerprint density at radius 3 is 2.31 bits per heavy atom. The van der Waals surface area contributed by atoms with Crippen LogP contribution in [0.3, 0.4) is 0 Å². The Kier molecular flexibility index (Phi) is 9.06. The van der Waals surface area contributed by atoms with Crippen LogP contribution in [0.1, 0.15) is 25.8 Å². The van der Waals surface area contributed by atoms with Crippen molar-refractivity contribution in [3.63, 3.8) is 0 Å². The molecule has 0 aromatic heterocycles. The minimum atomic E-state index is -3.93. The number of hydrogen-bond donors (Lipinski definition) is 1. The van der Waals surface area contributed by atoms with Crippen molar-refractivity contribution in [1.29, 1.82) is 0 Å². The second-order valence-electron chi connectivity index (χ2n) is 8.61. The Bertz CT molecular complexity index is 1310. The molecule has 1 N–H and O–H groups in total. The number of ether oxygens (including phenoxy) is 1. The van der Waals surface area contributed by atoms with E-state index in [2.05, 4.69) is 5.32 Å². The summed E-state index contributed by atoms with van der Waals surface area (Å²) in [5.41, 5.74) is 0.791. The van der Waals surface area contributed by atoms with Crippen molar-refractivity contribution in [2.24, 2.45) is 0 Å². The summed E-state index contributed by atoms with van der Waals surface area (Å²) in [6, 6.07) is 18.7. The highest BCUT2D eigenvalue weighted by molar-refractivity contribution is 7.89. The van der Waals surface area contributed by atoms with E-state index in [1.807, 2.05) is 43.3 Å². The van der Waals surface area contributed by atoms with Gasteiger partial charge in [-0.25, -0.2) is 8.42 Å². The van der Waals surface area contributed by atoms with Crippen molar-refractivity contribution in [1.82, 2.24) is 14.5 Å². The summed E-state index contributed by atoms with van der Waals surface area (Å²) in [6.45, 7) is 3.82. The first-order valence-corrected chi connectivity index (χ1v) is 13.3. The summed E-state index contributed by atoms with van der Waals surface area (Å²) in [5.74, 6) is -0.0952. The molecule has 3 aromatic rings. The molecule has 36 heavy (non-hydrogen) atoms. The maximum absolute atomic E-state index is 13.4. The summed E-state index contributed by atoms with van der Waals surface area (Å²) in [6.07, 6.45) is 0.762. The molecular formula is C27H33N3O5S. The Balaban J connectivity index is 1.83. The molecule has 9 heteroatoms. The topological polar surface area (TPSA) is 96.0 Å². The van der Waals surface area contributed by atoms with E-state index in [4.69, 9.17) is 4.74 Å². The van der Waals surface area contributed by atoms with Crippen molar-refractivity contribution in [2.45, 2.75) is 37.8 Å². The van der Waals surface area contributed by atoms with Gasteiger partial charge < -0.3 is 15.0 Å². The fraction of sp³-hybridized carbons (Fsp3) is 0.333. The molecule has 0 heterocycles. The second kappa shape index (κ2) is 12.0. The lowest BCUT2D eigenvalue weighted by atomic mass is 10.1. The van der Waals surface area contributed by atoms with E-state index in [-0.39, 0.29) is 17.3 Å². The smallest absolute Gasteiger partial charge is 0.243 e. The van der Waals surface area contributed by atoms with Crippen molar-refractivity contribution < 1.29 is 22.7 Å². The number of benzene rings is 3. The minimum Gasteiger partial charge on any atom is -0.497 e. The van der Waals surface area contributed by atoms with Crippen LogP contribution < -0.4 is 10.1 Å². The van der Waals surface area contributed by atoms with Gasteiger partial charge in [-0.3, -0.25) is 9.59 Å². The first-order valence-electron chi connectivity index (χ1n) is 11.8. The van der Waals surface area contributed by atoms with Crippen LogP contribution in [0.4, 0.5) is 0 Å². The number of hydrogen-bond acceptors (Lipinski definition) is 5. The molecule has 0 saturated heterocycles. The molecular weight excluding hydrogens is 478 g/mol. The van der Waals surface area contributed by atoms with Gasteiger partial charge in [0.1, 0.15) is 11.8 Å². The van der Waals surface area contributed by atoms with E-state index >= 15 is 0 Å². The predicted molar refractivity (Wildman–Crippen MR) is 140 cm³/mol. The molecule has 0 spiro atoms. The van der Waals surface area contributed by atoms with Crippen LogP contribution in [0.25, 0.3) is 10.8 Å². The largest absolute Gasteiger partial charge is 0.497 e. The lowest BCUT2D eigenvalue weighted by molar-refractivity contribution is -0.140. The summed E-state index contributed by atoms with van der Waals surface area (Å²) in [4.78, 5) is 27.6. The number of amides is 2. The maximum atomic E-state index is 13.4. The molecule has 0 aliphatic rings. The van der Waals surface area contributed by atoms with Crippen LogP contribution in [0.2, 0.25) is 0 Å². The molecule has 0 fully saturated rings. The van der Waals surface area contributed by atoms with Gasteiger partial charge in [0.15, 0.2) is 0 Å². The van der Waals surface area contributed by atoms with E-state index in [0.29, 0.717) is 12.3 Å². The fourth-order valence-electron chi connectivity index (χ4n) is 3.78. The second-order valence-corrected chi connectivity index (χ2v) is 10.7. The first-order chi connectivity index (χ1) is 17.2. The van der Waals surface area contributed by atoms with Gasteiger partial charge in [-0.05, 0) is 53.9 Å². The Hall–Kier alpha value is -3.43. The monoisotopic (exact) mass is 511 g/mol. The number of carbonyl (C=O) groups is 2. The molecule has 1 unspecified atom stereocenters. The molecule has 0 saturated carbocycles. The van der Waals surface area contributed by atoms with Crippen LogP contribution >= 0.6 is 0 Å². The number of likely N-dealkylation sites (N-methyl/N-ethyl adjacent to an activating group) is 1. The highest BCUT2D eigenvalue weighted by Crippen LogP contribution is 2.22. The number of sulfonamides is 1. The van der Waals surface area contributed by atoms with Crippen molar-refractivity contribution in [3.8, 4) is 5.75 Å². The summed E-state index contributed by atoms with van der Waals surface area (Å²) in [7, 11) is -0.995. The number of nitrogens with one attached hydrogen (secondary N) is 1. The lowest BCUT2D eigenvalue weighted by Gasteiger charge is -2.30. The van der Waals surface area contributed by atoms with Crippen molar-refractivity contribution >= 4 is 32.6 Å². The van der Waals surface area contributed by atoms with Gasteiger partial charge in [0.2, 0.25) is 21.8 Å². The van der Waals surface area contributed by atoms with Crippen LogP contribution in [0, 0.1) is 0 Å². The Morgan fingerprint density at radius 2 is 1.67 bits per heavy atom. The third-order valence-corrected chi connectivity index (χ3v) is 7.81. The van der Waals surface area contributed by atoms with E-state index < -0.39 is 28.5 Å². The van der Waals surface area contributed by atoms with Gasteiger partial charge in [0.25, 0.3) is 0 Å². The number of methoxy groups -OCH3 is 1. The van der Waals surface area contributed by atoms with Crippen molar-refractivity contribution in [3.05, 3.63) is 72.3 Å². The average Bonchev–Trinajstić information content (AvgIpc) is 2.89. The third-order valence-electron chi connectivity index (χ3n) is 6.02. The SMILES string of the molecule is CCCNC(=O)C(C)N(Cc1ccc(OC)cc1)C(=O)CN(C)S(=O)(=O)c1ccc2ccccc2c1. The van der Waals surface area contributed by atoms with Gasteiger partial charge >= 0.3 is 0 Å². The Morgan fingerprint density at radius 1 is 1.00 bits per heavy atom. The molecule has 1 atom stereocenters. The summed E-state index contributed by atoms with van der Waals surface area (Å²) >= 11 is 0. The van der Waals surface area contributed by atoms with Gasteiger partial charge in [-0.15, -0.1) is 0 Å². The third kappa shape index (κ3) is 6.41. The maximum Gasteiger partial charge on any atom is 0.243 e. The summed E-state index contributed by atoms with van der Waals surface area (Å²) < 4.78 is 32.8. The molecule has 0 aliphatic carbocycles. The van der Waals surface area contributed by atoms with Crippen LogP contribution in [0.5, 0.6) is 5.75 Å². The standard InChI is InChI=1S/C27H33N3O5S/c1-5-16-28-27(32)20(2)30(18-21-10-13-24(35-4)14-11-21)26(31)19-29(3)36(33,34)25-15-12-22-8-6-7-9-23(22)17-25/h6-15,17,20H,5,16,18-19H2,1-4H3,(H,28,32). The predicted octanol–water partition coefficient (Wildman–Crippen LogP) is 3.41. The quantitative estimate of drug-likeness (QED) is 0.426. The van der Waals surface area contributed by atoms with Crippen LogP contribution in [-0.2, 0) is 26.2 Å². The molecule has 3 aromatic carbocycles. The van der Waals surface area contributed by atoms with Crippen LogP contribution in [0.15, 0.2) is 71.6 Å². The van der Waals surface area contributed by atoms with E-state index in [9.17, 15) is 18.0 Å². The highest BCUT2D eigenvalue weighted by atomic mass is 32.2. The van der Waals surface area contributed by atoms with Gasteiger partial charge in [-0.1, -0.05) is 49.4 Å². The molecule has 192 valence electrons. The van der Waals surface area contributed by atoms with E-state index in [1.165, 1.54) is 18.0 Å². The van der Waals surface area contributed by atoms with Crippen molar-refractivity contribution in [2.75, 3.05) is 27.2 Å². The van der Waals surface area contributed by atoms with Gasteiger partial charge in [-0.2, -0.15) is 4.31 Å². The van der Waals surface area contributed by atoms with E-state index in [1.54, 1.807) is 38.3 Å². The summed E-state index contributed by atoms with van der Waals surface area (Å²) in [5, 5.41) is 4.53. The highest BCUT2D eigenvalue weighted by Gasteiger charge is 2.30. The van der Waals surface area contributed by atoms with Gasteiger partial charge in [0, 0.05) is 20.1 Å². The normalized spacial score (nSPS) is 12.4. The number of nitrogens with zero attached hydrogens (tertiary/aromatic N) is 2. The number of fused-ring (bicyclic) bond motifs is 1. The minimum absolute atomic E-state index is 0.104. The molecule has 8 nitrogen and oxygen atoms in total. The molecule has 3 rings (SSSR count). The number of carbonyl (C=O) groups excluding carboxylic acids is 2. The lowest BCUT2D eigenvalue weighted by Crippen LogP contribution is -2.50. The first kappa shape index (κ1) is 27.2. The zero-order valence-corrected chi connectivity index (χ0v) is 21.9. The average molecular weight is 512 g/mol. The molecule has 0 radical (unpaired) electrons. The Labute approximate surface area is 212 Å². The van der Waals surface area contributed by atoms with E-state index in [0.717, 1.165) is 27.1 Å². The molecule has 2 amide bonds. The zero-order valence-electron chi connectivity index (χ0n) is 21.1. The zero-order chi connectivity index (χ0) is 26.3. The molecule has 0 bridgehead atoms. The van der Waals surface area contributed by atoms with Gasteiger partial charge in [0.05, 0.1) is 18.6 Å². The van der Waals surface area contributed by atoms with Crippen LogP contribution in [-0.4, -0.2) is 62.7 Å². The fourth-order valence-corrected chi connectivity index (χ4v) is 4.94. The number of rotatable bonds is 11.